The van der Waals surface area contributed by atoms with Gasteiger partial charge in [-0.3, -0.25) is 9.59 Å². The number of rotatable bonds is 8. The van der Waals surface area contributed by atoms with Crippen LogP contribution in [0.3, 0.4) is 0 Å². The standard InChI is InChI=1S/C19H20O4/c20-18(21)11-9-14-1-5-16(6-2-14)13-17-7-3-15(4-8-17)10-12-19(22)23/h1-8H,9-13H2,(H,20,21)(H,22,23). The highest BCUT2D eigenvalue weighted by molar-refractivity contribution is 5.67. The largest absolute Gasteiger partial charge is 0.481 e. The molecule has 0 radical (unpaired) electrons. The van der Waals surface area contributed by atoms with E-state index in [9.17, 15) is 9.59 Å². The van der Waals surface area contributed by atoms with Crippen molar-refractivity contribution in [3.8, 4) is 0 Å². The van der Waals surface area contributed by atoms with Gasteiger partial charge in [-0.15, -0.1) is 0 Å². The van der Waals surface area contributed by atoms with Crippen LogP contribution >= 0.6 is 0 Å². The summed E-state index contributed by atoms with van der Waals surface area (Å²) >= 11 is 0. The van der Waals surface area contributed by atoms with Gasteiger partial charge < -0.3 is 10.2 Å². The minimum atomic E-state index is -0.780. The van der Waals surface area contributed by atoms with Gasteiger partial charge in [-0.05, 0) is 41.5 Å². The molecular weight excluding hydrogens is 292 g/mol. The summed E-state index contributed by atoms with van der Waals surface area (Å²) < 4.78 is 0. The number of carboxylic acids is 2. The van der Waals surface area contributed by atoms with Crippen molar-refractivity contribution in [2.75, 3.05) is 0 Å². The Morgan fingerprint density at radius 3 is 1.22 bits per heavy atom. The highest BCUT2D eigenvalue weighted by Gasteiger charge is 2.02. The minimum Gasteiger partial charge on any atom is -0.481 e. The summed E-state index contributed by atoms with van der Waals surface area (Å²) in [6.45, 7) is 0. The fourth-order valence-electron chi connectivity index (χ4n) is 2.39. The second-order valence-corrected chi connectivity index (χ2v) is 5.60. The first kappa shape index (κ1) is 16.7. The van der Waals surface area contributed by atoms with Gasteiger partial charge in [0.05, 0.1) is 0 Å². The molecule has 0 aliphatic carbocycles. The van der Waals surface area contributed by atoms with Crippen molar-refractivity contribution < 1.29 is 19.8 Å². The lowest BCUT2D eigenvalue weighted by atomic mass is 10.0. The number of carbonyl (C=O) groups is 2. The number of benzene rings is 2. The minimum absolute atomic E-state index is 0.150. The first-order valence-corrected chi connectivity index (χ1v) is 7.62. The summed E-state index contributed by atoms with van der Waals surface area (Å²) in [5.41, 5.74) is 4.39. The summed E-state index contributed by atoms with van der Waals surface area (Å²) in [5.74, 6) is -1.56. The molecule has 0 bridgehead atoms. The Hall–Kier alpha value is -2.62. The summed E-state index contributed by atoms with van der Waals surface area (Å²) in [6.07, 6.45) is 2.20. The van der Waals surface area contributed by atoms with Gasteiger partial charge in [0.25, 0.3) is 0 Å². The lowest BCUT2D eigenvalue weighted by Crippen LogP contribution is -1.98. The van der Waals surface area contributed by atoms with Crippen LogP contribution in [0.5, 0.6) is 0 Å². The lowest BCUT2D eigenvalue weighted by Gasteiger charge is -2.05. The molecule has 0 aliphatic rings. The van der Waals surface area contributed by atoms with Crippen LogP contribution < -0.4 is 0 Å². The van der Waals surface area contributed by atoms with E-state index in [1.165, 1.54) is 11.1 Å². The predicted molar refractivity (Wildman–Crippen MR) is 87.6 cm³/mol. The van der Waals surface area contributed by atoms with E-state index >= 15 is 0 Å². The Bertz CT molecular complexity index is 597. The Labute approximate surface area is 135 Å². The van der Waals surface area contributed by atoms with Gasteiger partial charge in [0.2, 0.25) is 0 Å². The molecule has 4 nitrogen and oxygen atoms in total. The lowest BCUT2D eigenvalue weighted by molar-refractivity contribution is -0.138. The van der Waals surface area contributed by atoms with Crippen LogP contribution in [0.2, 0.25) is 0 Å². The second-order valence-electron chi connectivity index (χ2n) is 5.60. The van der Waals surface area contributed by atoms with Crippen LogP contribution in [0.4, 0.5) is 0 Å². The molecule has 2 rings (SSSR count). The van der Waals surface area contributed by atoms with Crippen LogP contribution in [0.25, 0.3) is 0 Å². The zero-order valence-electron chi connectivity index (χ0n) is 12.9. The van der Waals surface area contributed by atoms with Gasteiger partial charge in [-0.1, -0.05) is 48.5 Å². The summed E-state index contributed by atoms with van der Waals surface area (Å²) in [6, 6.07) is 16.0. The van der Waals surface area contributed by atoms with Crippen LogP contribution in [0.1, 0.15) is 35.1 Å². The van der Waals surface area contributed by atoms with Gasteiger partial charge in [-0.2, -0.15) is 0 Å². The third-order valence-corrected chi connectivity index (χ3v) is 3.71. The van der Waals surface area contributed by atoms with E-state index in [2.05, 4.69) is 0 Å². The molecule has 0 saturated carbocycles. The molecular formula is C19H20O4. The van der Waals surface area contributed by atoms with E-state index in [-0.39, 0.29) is 12.8 Å². The van der Waals surface area contributed by atoms with Crippen molar-refractivity contribution in [1.82, 2.24) is 0 Å². The smallest absolute Gasteiger partial charge is 0.303 e. The van der Waals surface area contributed by atoms with Gasteiger partial charge in [-0.25, -0.2) is 0 Å². The molecule has 0 fully saturated rings. The molecule has 0 aromatic heterocycles. The van der Waals surface area contributed by atoms with Gasteiger partial charge >= 0.3 is 11.9 Å². The molecule has 4 heteroatoms. The fraction of sp³-hybridized carbons (Fsp3) is 0.263. The molecule has 120 valence electrons. The van der Waals surface area contributed by atoms with Crippen molar-refractivity contribution in [3.63, 3.8) is 0 Å². The maximum absolute atomic E-state index is 10.6. The average Bonchev–Trinajstić information content (AvgIpc) is 2.53. The number of aliphatic carboxylic acids is 2. The molecule has 0 unspecified atom stereocenters. The molecule has 0 aliphatic heterocycles. The topological polar surface area (TPSA) is 74.6 Å². The van der Waals surface area contributed by atoms with Gasteiger partial charge in [0.1, 0.15) is 0 Å². The number of aryl methyl sites for hydroxylation is 2. The van der Waals surface area contributed by atoms with Gasteiger partial charge in [0.15, 0.2) is 0 Å². The van der Waals surface area contributed by atoms with E-state index < -0.39 is 11.9 Å². The van der Waals surface area contributed by atoms with Crippen LogP contribution in [0.15, 0.2) is 48.5 Å². The fourth-order valence-corrected chi connectivity index (χ4v) is 2.39. The molecule has 0 heterocycles. The Morgan fingerprint density at radius 1 is 0.609 bits per heavy atom. The average molecular weight is 312 g/mol. The van der Waals surface area contributed by atoms with Crippen molar-refractivity contribution in [1.29, 1.82) is 0 Å². The van der Waals surface area contributed by atoms with E-state index in [4.69, 9.17) is 10.2 Å². The Morgan fingerprint density at radius 2 is 0.913 bits per heavy atom. The summed E-state index contributed by atoms with van der Waals surface area (Å²) in [4.78, 5) is 21.1. The van der Waals surface area contributed by atoms with Crippen molar-refractivity contribution in [2.24, 2.45) is 0 Å². The quantitative estimate of drug-likeness (QED) is 0.784. The maximum atomic E-state index is 10.6. The molecule has 0 amide bonds. The van der Waals surface area contributed by atoms with Crippen LogP contribution in [-0.4, -0.2) is 22.2 Å². The number of carboxylic acid groups (broad SMARTS) is 2. The van der Waals surface area contributed by atoms with E-state index in [0.717, 1.165) is 17.5 Å². The molecule has 2 aromatic rings. The molecule has 0 atom stereocenters. The zero-order chi connectivity index (χ0) is 16.7. The number of hydrogen-bond acceptors (Lipinski definition) is 2. The third kappa shape index (κ3) is 5.94. The monoisotopic (exact) mass is 312 g/mol. The third-order valence-electron chi connectivity index (χ3n) is 3.71. The molecule has 2 N–H and O–H groups in total. The highest BCUT2D eigenvalue weighted by atomic mass is 16.4. The number of hydrogen-bond donors (Lipinski definition) is 2. The van der Waals surface area contributed by atoms with Crippen LogP contribution in [-0.2, 0) is 28.9 Å². The Kier molecular flexibility index (Phi) is 5.92. The Balaban J connectivity index is 1.91. The highest BCUT2D eigenvalue weighted by Crippen LogP contribution is 2.14. The SMILES string of the molecule is O=C(O)CCc1ccc(Cc2ccc(CCC(=O)O)cc2)cc1. The summed E-state index contributed by atoms with van der Waals surface area (Å²) in [5, 5.41) is 17.4. The summed E-state index contributed by atoms with van der Waals surface area (Å²) in [7, 11) is 0. The molecule has 23 heavy (non-hydrogen) atoms. The molecule has 2 aromatic carbocycles. The molecule has 0 spiro atoms. The van der Waals surface area contributed by atoms with E-state index in [1.807, 2.05) is 48.5 Å². The normalized spacial score (nSPS) is 10.4. The van der Waals surface area contributed by atoms with Crippen molar-refractivity contribution in [3.05, 3.63) is 70.8 Å². The van der Waals surface area contributed by atoms with Crippen molar-refractivity contribution >= 4 is 11.9 Å². The van der Waals surface area contributed by atoms with Crippen molar-refractivity contribution in [2.45, 2.75) is 32.1 Å². The molecule has 0 saturated heterocycles. The first-order valence-electron chi connectivity index (χ1n) is 7.62. The first-order chi connectivity index (χ1) is 11.0. The van der Waals surface area contributed by atoms with Crippen LogP contribution in [0, 0.1) is 0 Å². The van der Waals surface area contributed by atoms with E-state index in [0.29, 0.717) is 12.8 Å². The van der Waals surface area contributed by atoms with E-state index in [1.54, 1.807) is 0 Å². The predicted octanol–water partition coefficient (Wildman–Crippen LogP) is 3.31. The van der Waals surface area contributed by atoms with Gasteiger partial charge in [0, 0.05) is 12.8 Å². The maximum Gasteiger partial charge on any atom is 0.303 e. The second kappa shape index (κ2) is 8.13. The zero-order valence-corrected chi connectivity index (χ0v) is 12.9.